The van der Waals surface area contributed by atoms with Crippen LogP contribution < -0.4 is 0 Å². The van der Waals surface area contributed by atoms with E-state index >= 15 is 0 Å². The molecule has 2 rings (SSSR count). The van der Waals surface area contributed by atoms with Crippen LogP contribution in [0.5, 0.6) is 0 Å². The fourth-order valence-electron chi connectivity index (χ4n) is 1.15. The summed E-state index contributed by atoms with van der Waals surface area (Å²) in [6.07, 6.45) is 4.40. The Balaban J connectivity index is 2.62. The molecule has 0 aliphatic carbocycles. The number of hydrogen-bond acceptors (Lipinski definition) is 1. The minimum Gasteiger partial charge on any atom is -0.334 e. The topological polar surface area (TPSA) is 28.7 Å². The van der Waals surface area contributed by atoms with Crippen LogP contribution in [0, 0.1) is 0 Å². The van der Waals surface area contributed by atoms with Crippen LogP contribution >= 0.6 is 10.9 Å². The number of para-hydroxylation sites is 2. The molecular weight excluding hydrogens is 168 g/mol. The molecule has 0 radical (unpaired) electrons. The molecule has 0 aliphatic rings. The molecule has 1 heterocycles. The summed E-state index contributed by atoms with van der Waals surface area (Å²) in [5, 5.41) is 1.13. The lowest BCUT2D eigenvalue weighted by Gasteiger charge is -2.01. The van der Waals surface area contributed by atoms with Gasteiger partial charge in [-0.3, -0.25) is 0 Å². The Morgan fingerprint density at radius 3 is 2.67 bits per heavy atom. The number of aromatic amines is 1. The van der Waals surface area contributed by atoms with E-state index in [2.05, 4.69) is 28.5 Å². The van der Waals surface area contributed by atoms with E-state index in [-0.39, 0.29) is 10.9 Å². The van der Waals surface area contributed by atoms with Gasteiger partial charge < -0.3 is 4.98 Å². The van der Waals surface area contributed by atoms with Gasteiger partial charge in [0.15, 0.2) is 0 Å². The maximum atomic E-state index is 4.49. The van der Waals surface area contributed by atoms with Crippen LogP contribution in [0.2, 0.25) is 0 Å². The van der Waals surface area contributed by atoms with Crippen LogP contribution in [-0.2, 0) is 0 Å². The molecule has 2 aromatic rings. The number of nitrogens with one attached hydrogen (secondary N) is 1. The summed E-state index contributed by atoms with van der Waals surface area (Å²) in [7, 11) is -0.109. The van der Waals surface area contributed by atoms with Gasteiger partial charge in [0.1, 0.15) is 5.16 Å². The number of hydrogen-bond donors (Lipinski definition) is 2. The Labute approximate surface area is 74.4 Å². The van der Waals surface area contributed by atoms with Crippen molar-refractivity contribution in [3.8, 4) is 0 Å². The van der Waals surface area contributed by atoms with Crippen molar-refractivity contribution < 1.29 is 0 Å². The summed E-state index contributed by atoms with van der Waals surface area (Å²) in [6.45, 7) is 0. The average Bonchev–Trinajstić information content (AvgIpc) is 2.46. The molecule has 1 aromatic carbocycles. The van der Waals surface area contributed by atoms with Crippen LogP contribution in [0.25, 0.3) is 11.0 Å². The summed E-state index contributed by atoms with van der Waals surface area (Å²) in [4.78, 5) is 7.80. The second-order valence-electron chi connectivity index (χ2n) is 2.97. The smallest absolute Gasteiger partial charge is 0.145 e. The van der Waals surface area contributed by atoms with Gasteiger partial charge in [0.25, 0.3) is 0 Å². The summed E-state index contributed by atoms with van der Waals surface area (Å²) in [5.74, 6) is 0. The molecule has 0 spiro atoms. The van der Waals surface area contributed by atoms with Gasteiger partial charge in [-0.2, -0.15) is 0 Å². The predicted molar refractivity (Wildman–Crippen MR) is 55.2 cm³/mol. The molecule has 0 saturated carbocycles. The molecule has 0 unspecified atom stereocenters. The second kappa shape index (κ2) is 2.83. The van der Waals surface area contributed by atoms with E-state index in [4.69, 9.17) is 0 Å². The van der Waals surface area contributed by atoms with Crippen molar-refractivity contribution in [1.29, 1.82) is 0 Å². The Hall–Kier alpha value is -0.960. The maximum Gasteiger partial charge on any atom is 0.145 e. The molecular formula is C9H12N2S. The number of thiol groups is 1. The lowest BCUT2D eigenvalue weighted by atomic mass is 10.3. The molecule has 0 atom stereocenters. The number of nitrogens with zero attached hydrogens (tertiary/aromatic N) is 1. The molecule has 0 fully saturated rings. The first-order chi connectivity index (χ1) is 5.77. The normalized spacial score (nSPS) is 12.0. The van der Waals surface area contributed by atoms with Gasteiger partial charge >= 0.3 is 0 Å². The maximum absolute atomic E-state index is 4.49. The van der Waals surface area contributed by atoms with Crippen LogP contribution in [-0.4, -0.2) is 22.5 Å². The average molecular weight is 180 g/mol. The Kier molecular flexibility index (Phi) is 1.81. The van der Waals surface area contributed by atoms with Gasteiger partial charge in [-0.05, 0) is 24.6 Å². The highest BCUT2D eigenvalue weighted by Crippen LogP contribution is 2.26. The highest BCUT2D eigenvalue weighted by atomic mass is 32.2. The molecule has 1 N–H and O–H groups in total. The summed E-state index contributed by atoms with van der Waals surface area (Å²) in [5.41, 5.74) is 2.22. The zero-order valence-corrected chi connectivity index (χ0v) is 8.10. The Morgan fingerprint density at radius 2 is 2.00 bits per heavy atom. The Morgan fingerprint density at radius 1 is 1.25 bits per heavy atom. The van der Waals surface area contributed by atoms with Gasteiger partial charge in [0.05, 0.1) is 11.0 Å². The number of rotatable bonds is 1. The van der Waals surface area contributed by atoms with Gasteiger partial charge in [-0.1, -0.05) is 12.1 Å². The van der Waals surface area contributed by atoms with Crippen molar-refractivity contribution in [1.82, 2.24) is 9.97 Å². The predicted octanol–water partition coefficient (Wildman–Crippen LogP) is 2.18. The number of imidazole rings is 1. The molecule has 1 aromatic heterocycles. The third kappa shape index (κ3) is 1.20. The quantitative estimate of drug-likeness (QED) is 0.647. The zero-order valence-electron chi connectivity index (χ0n) is 7.20. The third-order valence-corrected chi connectivity index (χ3v) is 2.86. The zero-order chi connectivity index (χ0) is 8.55. The van der Waals surface area contributed by atoms with Crippen LogP contribution in [0.3, 0.4) is 0 Å². The summed E-state index contributed by atoms with van der Waals surface area (Å²) >= 11 is 0. The van der Waals surface area contributed by atoms with E-state index in [1.54, 1.807) is 0 Å². The lowest BCUT2D eigenvalue weighted by molar-refractivity contribution is 1.08. The standard InChI is InChI=1S/C9H12N2S/c1-12(2)9-10-7-5-3-4-6-8(7)11-9/h3-6,12H,1-2H3,(H,10,11). The largest absolute Gasteiger partial charge is 0.334 e. The van der Waals surface area contributed by atoms with Crippen LogP contribution in [0.4, 0.5) is 0 Å². The van der Waals surface area contributed by atoms with E-state index in [1.165, 1.54) is 0 Å². The van der Waals surface area contributed by atoms with Crippen LogP contribution in [0.15, 0.2) is 29.4 Å². The van der Waals surface area contributed by atoms with Gasteiger partial charge in [0, 0.05) is 0 Å². The van der Waals surface area contributed by atoms with Gasteiger partial charge in [0.2, 0.25) is 0 Å². The molecule has 0 saturated heterocycles. The number of fused-ring (bicyclic) bond motifs is 1. The SMILES string of the molecule is C[SH](C)c1nc2ccccc2[nH]1. The fraction of sp³-hybridized carbons (Fsp3) is 0.222. The van der Waals surface area contributed by atoms with E-state index in [1.807, 2.05) is 18.2 Å². The van der Waals surface area contributed by atoms with Gasteiger partial charge in [-0.25, -0.2) is 15.9 Å². The molecule has 64 valence electrons. The molecule has 0 amide bonds. The summed E-state index contributed by atoms with van der Waals surface area (Å²) in [6, 6.07) is 8.14. The monoisotopic (exact) mass is 180 g/mol. The summed E-state index contributed by atoms with van der Waals surface area (Å²) < 4.78 is 0. The van der Waals surface area contributed by atoms with Crippen molar-refractivity contribution in [2.75, 3.05) is 12.5 Å². The number of aromatic nitrogens is 2. The van der Waals surface area contributed by atoms with Gasteiger partial charge in [-0.15, -0.1) is 0 Å². The minimum atomic E-state index is -0.109. The van der Waals surface area contributed by atoms with Crippen molar-refractivity contribution >= 4 is 21.9 Å². The van der Waals surface area contributed by atoms with E-state index in [0.717, 1.165) is 16.2 Å². The fourth-order valence-corrected chi connectivity index (χ4v) is 1.80. The molecule has 2 nitrogen and oxygen atoms in total. The van der Waals surface area contributed by atoms with E-state index in [9.17, 15) is 0 Å². The first-order valence-corrected chi connectivity index (χ1v) is 6.13. The van der Waals surface area contributed by atoms with Crippen molar-refractivity contribution in [2.45, 2.75) is 5.16 Å². The van der Waals surface area contributed by atoms with E-state index < -0.39 is 0 Å². The van der Waals surface area contributed by atoms with Crippen molar-refractivity contribution in [3.63, 3.8) is 0 Å². The molecule has 0 bridgehead atoms. The highest BCUT2D eigenvalue weighted by molar-refractivity contribution is 8.15. The highest BCUT2D eigenvalue weighted by Gasteiger charge is 2.01. The van der Waals surface area contributed by atoms with Crippen LogP contribution in [0.1, 0.15) is 0 Å². The Bertz CT molecular complexity index is 359. The number of H-pyrrole nitrogens is 1. The van der Waals surface area contributed by atoms with E-state index in [0.29, 0.717) is 0 Å². The van der Waals surface area contributed by atoms with Crippen molar-refractivity contribution in [2.24, 2.45) is 0 Å². The molecule has 0 aliphatic heterocycles. The van der Waals surface area contributed by atoms with Crippen molar-refractivity contribution in [3.05, 3.63) is 24.3 Å². The molecule has 3 heteroatoms. The number of benzene rings is 1. The first kappa shape index (κ1) is 7.68. The second-order valence-corrected chi connectivity index (χ2v) is 5.18. The molecule has 12 heavy (non-hydrogen) atoms. The minimum absolute atomic E-state index is 0.109. The third-order valence-electron chi connectivity index (χ3n) is 1.80. The lowest BCUT2D eigenvalue weighted by Crippen LogP contribution is -1.78. The first-order valence-electron chi connectivity index (χ1n) is 3.89.